The molecule has 0 saturated heterocycles. The van der Waals surface area contributed by atoms with Crippen LogP contribution in [0.4, 0.5) is 0 Å². The molecule has 0 atom stereocenters. The molecular weight excluding hydrogens is 560 g/mol. The summed E-state index contributed by atoms with van der Waals surface area (Å²) in [4.78, 5) is 19.8. The minimum absolute atomic E-state index is 0.895. The van der Waals surface area contributed by atoms with Gasteiger partial charge in [-0.25, -0.2) is 0 Å². The number of rotatable bonds is 5. The Labute approximate surface area is 268 Å². The first kappa shape index (κ1) is 27.5. The molecule has 0 saturated carbocycles. The van der Waals surface area contributed by atoms with Crippen LogP contribution in [0.25, 0.3) is 77.7 Å². The molecule has 218 valence electrons. The SMILES string of the molecule is Cc1cnc(-c2c3ccccc3c(-c3ncc(C)cc3-c3ccccn3)c3cc(-c4ccccc4)ccc23)c(-c2ccccn2)c1. The predicted molar refractivity (Wildman–Crippen MR) is 189 cm³/mol. The van der Waals surface area contributed by atoms with Crippen LogP contribution in [0.15, 0.2) is 146 Å². The molecule has 0 amide bonds. The van der Waals surface area contributed by atoms with Gasteiger partial charge in [-0.15, -0.1) is 0 Å². The lowest BCUT2D eigenvalue weighted by Gasteiger charge is -2.20. The van der Waals surface area contributed by atoms with Gasteiger partial charge in [-0.05, 0) is 100 Å². The molecule has 0 aliphatic heterocycles. The summed E-state index contributed by atoms with van der Waals surface area (Å²) in [5.74, 6) is 0. The zero-order chi connectivity index (χ0) is 31.0. The van der Waals surface area contributed by atoms with Gasteiger partial charge in [-0.2, -0.15) is 0 Å². The average molecular weight is 591 g/mol. The second kappa shape index (κ2) is 11.5. The van der Waals surface area contributed by atoms with E-state index in [1.165, 1.54) is 0 Å². The molecule has 4 aromatic heterocycles. The second-order valence-corrected chi connectivity index (χ2v) is 11.7. The lowest BCUT2D eigenvalue weighted by atomic mass is 9.84. The number of hydrogen-bond acceptors (Lipinski definition) is 4. The van der Waals surface area contributed by atoms with Gasteiger partial charge in [0.15, 0.2) is 0 Å². The van der Waals surface area contributed by atoms with E-state index in [4.69, 9.17) is 19.9 Å². The summed E-state index contributed by atoms with van der Waals surface area (Å²) >= 11 is 0. The minimum atomic E-state index is 0.895. The van der Waals surface area contributed by atoms with Crippen molar-refractivity contribution >= 4 is 21.5 Å². The Balaban J connectivity index is 1.54. The second-order valence-electron chi connectivity index (χ2n) is 11.7. The highest BCUT2D eigenvalue weighted by Gasteiger charge is 2.23. The number of benzene rings is 4. The van der Waals surface area contributed by atoms with Crippen LogP contribution in [0.2, 0.25) is 0 Å². The average Bonchev–Trinajstić information content (AvgIpc) is 3.12. The van der Waals surface area contributed by atoms with Crippen molar-refractivity contribution in [2.45, 2.75) is 13.8 Å². The van der Waals surface area contributed by atoms with E-state index in [0.29, 0.717) is 0 Å². The molecule has 4 heteroatoms. The van der Waals surface area contributed by atoms with E-state index >= 15 is 0 Å². The van der Waals surface area contributed by atoms with Crippen molar-refractivity contribution in [3.63, 3.8) is 0 Å². The molecule has 0 radical (unpaired) electrons. The number of pyridine rings is 4. The molecule has 8 rings (SSSR count). The Bertz CT molecular complexity index is 2370. The molecule has 0 aliphatic carbocycles. The van der Waals surface area contributed by atoms with Crippen LogP contribution in [0.3, 0.4) is 0 Å². The fraction of sp³-hybridized carbons (Fsp3) is 0.0476. The Hall–Kier alpha value is -6.00. The van der Waals surface area contributed by atoms with E-state index in [-0.39, 0.29) is 0 Å². The van der Waals surface area contributed by atoms with Crippen LogP contribution in [-0.4, -0.2) is 19.9 Å². The summed E-state index contributed by atoms with van der Waals surface area (Å²) in [6, 6.07) is 42.4. The largest absolute Gasteiger partial charge is 0.256 e. The molecule has 4 aromatic carbocycles. The highest BCUT2D eigenvalue weighted by atomic mass is 14.7. The van der Waals surface area contributed by atoms with Gasteiger partial charge in [0.25, 0.3) is 0 Å². The summed E-state index contributed by atoms with van der Waals surface area (Å²) in [7, 11) is 0. The van der Waals surface area contributed by atoms with Gasteiger partial charge in [-0.3, -0.25) is 19.9 Å². The molecule has 0 aliphatic rings. The fourth-order valence-corrected chi connectivity index (χ4v) is 6.47. The quantitative estimate of drug-likeness (QED) is 0.187. The van der Waals surface area contributed by atoms with Crippen molar-refractivity contribution in [2.24, 2.45) is 0 Å². The van der Waals surface area contributed by atoms with E-state index in [1.807, 2.05) is 49.1 Å². The zero-order valence-electron chi connectivity index (χ0n) is 25.6. The third-order valence-corrected chi connectivity index (χ3v) is 8.54. The van der Waals surface area contributed by atoms with E-state index < -0.39 is 0 Å². The Kier molecular flexibility index (Phi) is 6.88. The fourth-order valence-electron chi connectivity index (χ4n) is 6.47. The molecule has 8 aromatic rings. The summed E-state index contributed by atoms with van der Waals surface area (Å²) in [5.41, 5.74) is 12.3. The van der Waals surface area contributed by atoms with Crippen molar-refractivity contribution in [3.8, 4) is 56.2 Å². The molecular formula is C42H30N4. The van der Waals surface area contributed by atoms with E-state index in [9.17, 15) is 0 Å². The number of aryl methyl sites for hydroxylation is 2. The molecule has 46 heavy (non-hydrogen) atoms. The highest BCUT2D eigenvalue weighted by molar-refractivity contribution is 6.23. The Morgan fingerprint density at radius 2 is 0.891 bits per heavy atom. The maximum atomic E-state index is 5.14. The van der Waals surface area contributed by atoms with Gasteiger partial charge in [0.1, 0.15) is 0 Å². The summed E-state index contributed by atoms with van der Waals surface area (Å²) in [5, 5.41) is 4.44. The highest BCUT2D eigenvalue weighted by Crippen LogP contribution is 2.47. The van der Waals surface area contributed by atoms with Gasteiger partial charge in [0, 0.05) is 47.0 Å². The first-order valence-electron chi connectivity index (χ1n) is 15.5. The minimum Gasteiger partial charge on any atom is -0.256 e. The van der Waals surface area contributed by atoms with Crippen molar-refractivity contribution in [1.82, 2.24) is 19.9 Å². The zero-order valence-corrected chi connectivity index (χ0v) is 25.6. The Morgan fingerprint density at radius 1 is 0.391 bits per heavy atom. The summed E-state index contributed by atoms with van der Waals surface area (Å²) in [6.07, 6.45) is 7.60. The lowest BCUT2D eigenvalue weighted by molar-refractivity contribution is 1.25. The Morgan fingerprint density at radius 3 is 1.43 bits per heavy atom. The molecule has 0 bridgehead atoms. The predicted octanol–water partition coefficient (Wildman–Crippen LogP) is 10.5. The van der Waals surface area contributed by atoms with Crippen molar-refractivity contribution in [3.05, 3.63) is 157 Å². The topological polar surface area (TPSA) is 51.6 Å². The van der Waals surface area contributed by atoms with E-state index in [1.54, 1.807) is 0 Å². The van der Waals surface area contributed by atoms with Gasteiger partial charge in [-0.1, -0.05) is 78.9 Å². The van der Waals surface area contributed by atoms with Crippen LogP contribution in [0.1, 0.15) is 11.1 Å². The van der Waals surface area contributed by atoms with Crippen LogP contribution >= 0.6 is 0 Å². The number of fused-ring (bicyclic) bond motifs is 2. The first-order valence-corrected chi connectivity index (χ1v) is 15.5. The summed E-state index contributed by atoms with van der Waals surface area (Å²) in [6.45, 7) is 4.16. The third kappa shape index (κ3) is 4.81. The molecule has 0 N–H and O–H groups in total. The monoisotopic (exact) mass is 590 g/mol. The van der Waals surface area contributed by atoms with Crippen molar-refractivity contribution in [1.29, 1.82) is 0 Å². The number of aromatic nitrogens is 4. The molecule has 0 unspecified atom stereocenters. The number of hydrogen-bond donors (Lipinski definition) is 0. The van der Waals surface area contributed by atoms with Crippen molar-refractivity contribution < 1.29 is 0 Å². The van der Waals surface area contributed by atoms with Crippen LogP contribution < -0.4 is 0 Å². The van der Waals surface area contributed by atoms with Gasteiger partial charge >= 0.3 is 0 Å². The van der Waals surface area contributed by atoms with Gasteiger partial charge in [0.05, 0.1) is 22.8 Å². The molecule has 0 fully saturated rings. The van der Waals surface area contributed by atoms with Gasteiger partial charge in [0.2, 0.25) is 0 Å². The van der Waals surface area contributed by atoms with Crippen molar-refractivity contribution in [2.75, 3.05) is 0 Å². The molecule has 4 heterocycles. The standard InChI is InChI=1S/C42H30N4/c1-27-22-35(37-16-8-10-20-43-37)41(45-25-27)39-31-14-6-7-15-32(31)40(34-24-30(18-19-33(34)39)29-12-4-3-5-13-29)42-36(23-28(2)26-46-42)38-17-9-11-21-44-38/h3-26H,1-2H3. The smallest absolute Gasteiger partial charge is 0.0808 e. The van der Waals surface area contributed by atoms with E-state index in [0.717, 1.165) is 88.8 Å². The summed E-state index contributed by atoms with van der Waals surface area (Å²) < 4.78 is 0. The van der Waals surface area contributed by atoms with Crippen LogP contribution in [0, 0.1) is 13.8 Å². The van der Waals surface area contributed by atoms with E-state index in [2.05, 4.69) is 111 Å². The first-order chi connectivity index (χ1) is 22.7. The number of nitrogens with zero attached hydrogens (tertiary/aromatic N) is 4. The van der Waals surface area contributed by atoms with Gasteiger partial charge < -0.3 is 0 Å². The van der Waals surface area contributed by atoms with Crippen LogP contribution in [-0.2, 0) is 0 Å². The molecule has 4 nitrogen and oxygen atoms in total. The lowest BCUT2D eigenvalue weighted by Crippen LogP contribution is -1.99. The molecule has 0 spiro atoms. The third-order valence-electron chi connectivity index (χ3n) is 8.54. The normalized spacial score (nSPS) is 11.3. The maximum Gasteiger partial charge on any atom is 0.0808 e. The maximum absolute atomic E-state index is 5.14. The van der Waals surface area contributed by atoms with Crippen LogP contribution in [0.5, 0.6) is 0 Å².